The van der Waals surface area contributed by atoms with Crippen LogP contribution in [0.3, 0.4) is 0 Å². The maximum Gasteiger partial charge on any atom is 0.254 e. The summed E-state index contributed by atoms with van der Waals surface area (Å²) in [4.78, 5) is 29.9. The van der Waals surface area contributed by atoms with Gasteiger partial charge in [0.2, 0.25) is 0 Å². The molecular weight excluding hydrogens is 468 g/mol. The predicted molar refractivity (Wildman–Crippen MR) is 140 cm³/mol. The first-order chi connectivity index (χ1) is 18.1. The fraction of sp³-hybridized carbons (Fsp3) is 0.207. The van der Waals surface area contributed by atoms with Gasteiger partial charge in [0.1, 0.15) is 0 Å². The van der Waals surface area contributed by atoms with E-state index >= 15 is 0 Å². The van der Waals surface area contributed by atoms with Crippen LogP contribution in [0.4, 0.5) is 0 Å². The van der Waals surface area contributed by atoms with E-state index < -0.39 is 0 Å². The summed E-state index contributed by atoms with van der Waals surface area (Å²) in [5.41, 5.74) is 3.93. The van der Waals surface area contributed by atoms with Gasteiger partial charge >= 0.3 is 0 Å². The quantitative estimate of drug-likeness (QED) is 0.401. The van der Waals surface area contributed by atoms with Crippen LogP contribution in [0.2, 0.25) is 0 Å². The van der Waals surface area contributed by atoms with E-state index in [2.05, 4.69) is 5.10 Å². The monoisotopic (exact) mass is 496 g/mol. The highest BCUT2D eigenvalue weighted by molar-refractivity contribution is 5.96. The van der Waals surface area contributed by atoms with Gasteiger partial charge in [0.25, 0.3) is 11.8 Å². The molecule has 0 saturated carbocycles. The van der Waals surface area contributed by atoms with Crippen LogP contribution in [-0.4, -0.2) is 71.8 Å². The minimum absolute atomic E-state index is 0.0616. The van der Waals surface area contributed by atoms with E-state index in [1.54, 1.807) is 48.4 Å². The summed E-state index contributed by atoms with van der Waals surface area (Å²) in [6.45, 7) is 1.82. The Balaban J connectivity index is 1.27. The van der Waals surface area contributed by atoms with Crippen molar-refractivity contribution >= 4 is 11.8 Å². The number of ether oxygens (including phenoxy) is 2. The normalized spacial score (nSPS) is 13.4. The van der Waals surface area contributed by atoms with Crippen LogP contribution in [0, 0.1) is 0 Å². The molecule has 2 heterocycles. The highest BCUT2D eigenvalue weighted by atomic mass is 16.5. The number of hydrogen-bond acceptors (Lipinski definition) is 5. The van der Waals surface area contributed by atoms with E-state index in [1.165, 1.54) is 0 Å². The third kappa shape index (κ3) is 4.91. The van der Waals surface area contributed by atoms with Gasteiger partial charge < -0.3 is 19.3 Å². The number of aromatic nitrogens is 2. The summed E-state index contributed by atoms with van der Waals surface area (Å²) in [5, 5.41) is 4.49. The highest BCUT2D eigenvalue weighted by Gasteiger charge is 2.26. The molecule has 3 aromatic carbocycles. The fourth-order valence-electron chi connectivity index (χ4n) is 4.55. The number of hydrogen-bond donors (Lipinski definition) is 0. The van der Waals surface area contributed by atoms with Gasteiger partial charge in [-0.15, -0.1) is 0 Å². The van der Waals surface area contributed by atoms with Crippen LogP contribution >= 0.6 is 0 Å². The third-order valence-electron chi connectivity index (χ3n) is 6.53. The maximum absolute atomic E-state index is 13.3. The summed E-state index contributed by atoms with van der Waals surface area (Å²) < 4.78 is 12.4. The number of carbonyl (C=O) groups is 2. The third-order valence-corrected chi connectivity index (χ3v) is 6.53. The van der Waals surface area contributed by atoms with E-state index in [0.29, 0.717) is 48.8 Å². The average Bonchev–Trinajstić information content (AvgIpc) is 3.47. The first kappa shape index (κ1) is 24.1. The molecule has 1 saturated heterocycles. The van der Waals surface area contributed by atoms with E-state index in [4.69, 9.17) is 9.47 Å². The molecule has 0 aliphatic carbocycles. The van der Waals surface area contributed by atoms with Gasteiger partial charge in [0.15, 0.2) is 11.5 Å². The lowest BCUT2D eigenvalue weighted by Crippen LogP contribution is -2.50. The van der Waals surface area contributed by atoms with Crippen molar-refractivity contribution in [2.24, 2.45) is 0 Å². The first-order valence-electron chi connectivity index (χ1n) is 12.1. The average molecular weight is 497 g/mol. The Bertz CT molecular complexity index is 1410. The molecule has 0 atom stereocenters. The highest BCUT2D eigenvalue weighted by Crippen LogP contribution is 2.28. The van der Waals surface area contributed by atoms with Crippen molar-refractivity contribution in [3.05, 3.63) is 96.2 Å². The van der Waals surface area contributed by atoms with Crippen LogP contribution in [0.1, 0.15) is 20.7 Å². The molecule has 0 bridgehead atoms. The number of piperazine rings is 1. The summed E-state index contributed by atoms with van der Waals surface area (Å²) in [6, 6.07) is 24.6. The molecule has 5 rings (SSSR count). The summed E-state index contributed by atoms with van der Waals surface area (Å²) in [6.07, 6.45) is 1.76. The van der Waals surface area contributed by atoms with Crippen molar-refractivity contribution in [1.29, 1.82) is 0 Å². The molecule has 0 radical (unpaired) electrons. The van der Waals surface area contributed by atoms with Gasteiger partial charge in [-0.2, -0.15) is 5.10 Å². The second kappa shape index (κ2) is 10.6. The van der Waals surface area contributed by atoms with E-state index in [1.807, 2.05) is 65.3 Å². The van der Waals surface area contributed by atoms with Crippen LogP contribution in [-0.2, 0) is 0 Å². The molecule has 2 amide bonds. The molecule has 4 aromatic rings. The second-order valence-electron chi connectivity index (χ2n) is 8.70. The number of rotatable bonds is 6. The molecule has 1 fully saturated rings. The zero-order valence-electron chi connectivity index (χ0n) is 20.8. The Morgan fingerprint density at radius 3 is 2.00 bits per heavy atom. The van der Waals surface area contributed by atoms with Crippen molar-refractivity contribution in [1.82, 2.24) is 19.6 Å². The second-order valence-corrected chi connectivity index (χ2v) is 8.70. The van der Waals surface area contributed by atoms with Crippen molar-refractivity contribution in [3.8, 4) is 28.4 Å². The van der Waals surface area contributed by atoms with Gasteiger partial charge in [-0.1, -0.05) is 36.4 Å². The maximum atomic E-state index is 13.3. The van der Waals surface area contributed by atoms with Crippen molar-refractivity contribution in [3.63, 3.8) is 0 Å². The van der Waals surface area contributed by atoms with Gasteiger partial charge in [-0.3, -0.25) is 9.59 Å². The van der Waals surface area contributed by atoms with Gasteiger partial charge in [0, 0.05) is 42.9 Å². The summed E-state index contributed by atoms with van der Waals surface area (Å²) in [5.74, 6) is 0.924. The van der Waals surface area contributed by atoms with Crippen molar-refractivity contribution < 1.29 is 19.1 Å². The number of amides is 2. The summed E-state index contributed by atoms with van der Waals surface area (Å²) in [7, 11) is 3.10. The Kier molecular flexibility index (Phi) is 6.89. The van der Waals surface area contributed by atoms with E-state index in [-0.39, 0.29) is 11.8 Å². The van der Waals surface area contributed by atoms with Crippen LogP contribution in [0.5, 0.6) is 11.5 Å². The largest absolute Gasteiger partial charge is 0.493 e. The topological polar surface area (TPSA) is 76.9 Å². The van der Waals surface area contributed by atoms with E-state index in [9.17, 15) is 9.59 Å². The molecule has 1 aliphatic heterocycles. The van der Waals surface area contributed by atoms with Crippen LogP contribution < -0.4 is 9.47 Å². The van der Waals surface area contributed by atoms with Crippen LogP contribution in [0.15, 0.2) is 85.1 Å². The molecule has 8 nitrogen and oxygen atoms in total. The minimum atomic E-state index is -0.0952. The molecule has 8 heteroatoms. The standard InChI is InChI=1S/C29H28N4O4/c1-36-26-12-11-23(20-27(26)37-2)29(35)32-17-15-31(16-18-32)28(34)22-9-6-10-24(19-22)33-25(13-14-30-33)21-7-4-3-5-8-21/h3-14,19-20H,15-18H2,1-2H3. The van der Waals surface area contributed by atoms with Crippen LogP contribution in [0.25, 0.3) is 16.9 Å². The van der Waals surface area contributed by atoms with Gasteiger partial charge in [0.05, 0.1) is 31.8 Å². The Labute approximate surface area is 215 Å². The number of nitrogens with zero attached hydrogens (tertiary/aromatic N) is 4. The Hall–Kier alpha value is -4.59. The van der Waals surface area contributed by atoms with Crippen molar-refractivity contribution in [2.75, 3.05) is 40.4 Å². The van der Waals surface area contributed by atoms with Gasteiger partial charge in [-0.05, 0) is 42.5 Å². The molecule has 0 N–H and O–H groups in total. The molecule has 1 aromatic heterocycles. The zero-order valence-corrected chi connectivity index (χ0v) is 20.8. The molecule has 0 spiro atoms. The SMILES string of the molecule is COc1ccc(C(=O)N2CCN(C(=O)c3cccc(-n4nccc4-c4ccccc4)c3)CC2)cc1OC. The molecular formula is C29H28N4O4. The lowest BCUT2D eigenvalue weighted by molar-refractivity contribution is 0.0535. The lowest BCUT2D eigenvalue weighted by atomic mass is 10.1. The first-order valence-corrected chi connectivity index (χ1v) is 12.1. The van der Waals surface area contributed by atoms with Gasteiger partial charge in [-0.25, -0.2) is 4.68 Å². The lowest BCUT2D eigenvalue weighted by Gasteiger charge is -2.35. The molecule has 188 valence electrons. The minimum Gasteiger partial charge on any atom is -0.493 e. The summed E-state index contributed by atoms with van der Waals surface area (Å²) >= 11 is 0. The zero-order chi connectivity index (χ0) is 25.8. The number of methoxy groups -OCH3 is 2. The number of benzene rings is 3. The molecule has 1 aliphatic rings. The molecule has 37 heavy (non-hydrogen) atoms. The van der Waals surface area contributed by atoms with E-state index in [0.717, 1.165) is 16.9 Å². The van der Waals surface area contributed by atoms with Crippen molar-refractivity contribution in [2.45, 2.75) is 0 Å². The predicted octanol–water partition coefficient (Wildman–Crippen LogP) is 4.15. The number of carbonyl (C=O) groups excluding carboxylic acids is 2. The Morgan fingerprint density at radius 1 is 0.703 bits per heavy atom. The fourth-order valence-corrected chi connectivity index (χ4v) is 4.55. The molecule has 0 unspecified atom stereocenters. The Morgan fingerprint density at radius 2 is 1.35 bits per heavy atom. The smallest absolute Gasteiger partial charge is 0.254 e.